The lowest BCUT2D eigenvalue weighted by molar-refractivity contribution is -0.137. The highest BCUT2D eigenvalue weighted by Gasteiger charge is 2.37. The zero-order valence-corrected chi connectivity index (χ0v) is 18.1. The van der Waals surface area contributed by atoms with Crippen molar-refractivity contribution in [3.63, 3.8) is 0 Å². The van der Waals surface area contributed by atoms with Crippen LogP contribution in [0.1, 0.15) is 30.9 Å². The van der Waals surface area contributed by atoms with Crippen LogP contribution in [0.3, 0.4) is 0 Å². The number of hydrogen-bond acceptors (Lipinski definition) is 4. The summed E-state index contributed by atoms with van der Waals surface area (Å²) in [4.78, 5) is 7.11. The lowest BCUT2D eigenvalue weighted by atomic mass is 9.74. The van der Waals surface area contributed by atoms with Gasteiger partial charge in [0, 0.05) is 51.4 Å². The van der Waals surface area contributed by atoms with Gasteiger partial charge in [-0.1, -0.05) is 18.2 Å². The summed E-state index contributed by atoms with van der Waals surface area (Å²) in [6.45, 7) is 9.16. The molecule has 1 aromatic rings. The fraction of sp³-hybridized carbons (Fsp3) is 0.682. The number of ether oxygens (including phenoxy) is 2. The molecule has 3 rings (SSSR count). The molecule has 174 valence electrons. The summed E-state index contributed by atoms with van der Waals surface area (Å²) in [5.74, 6) is 0.689. The Balaban J connectivity index is 1.71. The van der Waals surface area contributed by atoms with Crippen LogP contribution in [0.25, 0.3) is 0 Å². The fourth-order valence-corrected chi connectivity index (χ4v) is 4.05. The van der Waals surface area contributed by atoms with E-state index in [2.05, 4.69) is 15.5 Å². The van der Waals surface area contributed by atoms with E-state index in [-0.39, 0.29) is 0 Å². The molecule has 0 saturated carbocycles. The molecule has 0 aromatic heterocycles. The second kappa shape index (κ2) is 11.2. The molecule has 2 N–H and O–H groups in total. The molecule has 2 saturated heterocycles. The van der Waals surface area contributed by atoms with Gasteiger partial charge in [0.25, 0.3) is 0 Å². The summed E-state index contributed by atoms with van der Waals surface area (Å²) in [5, 5.41) is 6.61. The highest BCUT2D eigenvalue weighted by Crippen LogP contribution is 2.38. The summed E-state index contributed by atoms with van der Waals surface area (Å²) < 4.78 is 50.7. The van der Waals surface area contributed by atoms with E-state index in [0.717, 1.165) is 45.5 Å². The number of aliphatic imine (C=N–C) groups is 1. The van der Waals surface area contributed by atoms with Gasteiger partial charge in [0.15, 0.2) is 5.96 Å². The predicted molar refractivity (Wildman–Crippen MR) is 114 cm³/mol. The number of nitrogens with one attached hydrogen (secondary N) is 2. The molecule has 0 radical (unpaired) electrons. The number of nitrogens with zero attached hydrogens (tertiary/aromatic N) is 2. The maximum Gasteiger partial charge on any atom is 0.416 e. The lowest BCUT2D eigenvalue weighted by Crippen LogP contribution is -2.45. The molecule has 0 bridgehead atoms. The van der Waals surface area contributed by atoms with Gasteiger partial charge in [-0.05, 0) is 31.4 Å². The van der Waals surface area contributed by atoms with Crippen molar-refractivity contribution in [1.82, 2.24) is 15.5 Å². The molecule has 0 aliphatic carbocycles. The number of benzene rings is 1. The molecule has 2 heterocycles. The van der Waals surface area contributed by atoms with Gasteiger partial charge in [-0.15, -0.1) is 0 Å². The number of hydrogen-bond donors (Lipinski definition) is 2. The van der Waals surface area contributed by atoms with Crippen molar-refractivity contribution in [1.29, 1.82) is 0 Å². The van der Waals surface area contributed by atoms with Crippen LogP contribution in [0.15, 0.2) is 29.3 Å². The quantitative estimate of drug-likeness (QED) is 0.502. The SMILES string of the molecule is CCNC(=NCC1(c2cccc(C(F)(F)F)c2)CCOCC1)NCCN1CCOCC1. The van der Waals surface area contributed by atoms with Crippen LogP contribution in [0.4, 0.5) is 13.2 Å². The van der Waals surface area contributed by atoms with Gasteiger partial charge >= 0.3 is 6.18 Å². The van der Waals surface area contributed by atoms with Crippen LogP contribution in [0, 0.1) is 0 Å². The van der Waals surface area contributed by atoms with Crippen LogP contribution in [0.5, 0.6) is 0 Å². The summed E-state index contributed by atoms with van der Waals surface area (Å²) in [6, 6.07) is 5.68. The zero-order valence-electron chi connectivity index (χ0n) is 18.1. The second-order valence-corrected chi connectivity index (χ2v) is 8.05. The van der Waals surface area contributed by atoms with E-state index in [1.165, 1.54) is 12.1 Å². The first-order valence-corrected chi connectivity index (χ1v) is 11.0. The maximum absolute atomic E-state index is 13.3. The zero-order chi connectivity index (χ0) is 22.2. The first kappa shape index (κ1) is 23.8. The van der Waals surface area contributed by atoms with E-state index in [0.29, 0.717) is 50.7 Å². The van der Waals surface area contributed by atoms with Gasteiger partial charge < -0.3 is 20.1 Å². The van der Waals surface area contributed by atoms with Crippen molar-refractivity contribution in [2.75, 3.05) is 65.7 Å². The van der Waals surface area contributed by atoms with Crippen LogP contribution >= 0.6 is 0 Å². The Bertz CT molecular complexity index is 715. The van der Waals surface area contributed by atoms with Crippen molar-refractivity contribution in [2.45, 2.75) is 31.4 Å². The Labute approximate surface area is 182 Å². The molecule has 9 heteroatoms. The van der Waals surface area contributed by atoms with Gasteiger partial charge in [0.1, 0.15) is 0 Å². The summed E-state index contributed by atoms with van der Waals surface area (Å²) in [7, 11) is 0. The molecule has 6 nitrogen and oxygen atoms in total. The summed E-state index contributed by atoms with van der Waals surface area (Å²) in [6.07, 6.45) is -3.07. The molecule has 0 spiro atoms. The Morgan fingerprint density at radius 2 is 1.81 bits per heavy atom. The molecule has 31 heavy (non-hydrogen) atoms. The van der Waals surface area contributed by atoms with Crippen molar-refractivity contribution in [2.24, 2.45) is 4.99 Å². The molecule has 0 unspecified atom stereocenters. The van der Waals surface area contributed by atoms with Gasteiger partial charge in [-0.3, -0.25) is 9.89 Å². The highest BCUT2D eigenvalue weighted by molar-refractivity contribution is 5.79. The number of morpholine rings is 1. The number of rotatable bonds is 7. The van der Waals surface area contributed by atoms with E-state index in [1.807, 2.05) is 6.92 Å². The predicted octanol–water partition coefficient (Wildman–Crippen LogP) is 2.64. The number of halogens is 3. The van der Waals surface area contributed by atoms with Crippen molar-refractivity contribution < 1.29 is 22.6 Å². The average molecular weight is 443 g/mol. The smallest absolute Gasteiger partial charge is 0.381 e. The lowest BCUT2D eigenvalue weighted by Gasteiger charge is -2.37. The molecule has 1 aromatic carbocycles. The van der Waals surface area contributed by atoms with Gasteiger partial charge in [0.05, 0.1) is 25.3 Å². The van der Waals surface area contributed by atoms with Crippen LogP contribution < -0.4 is 10.6 Å². The maximum atomic E-state index is 13.3. The van der Waals surface area contributed by atoms with E-state index in [9.17, 15) is 13.2 Å². The second-order valence-electron chi connectivity index (χ2n) is 8.05. The van der Waals surface area contributed by atoms with Gasteiger partial charge in [-0.2, -0.15) is 13.2 Å². The molecule has 2 aliphatic rings. The van der Waals surface area contributed by atoms with Crippen LogP contribution in [0.2, 0.25) is 0 Å². The highest BCUT2D eigenvalue weighted by atomic mass is 19.4. The normalized spacial score (nSPS) is 20.5. The molecular formula is C22H33F3N4O2. The first-order valence-electron chi connectivity index (χ1n) is 11.0. The van der Waals surface area contributed by atoms with E-state index < -0.39 is 17.2 Å². The molecule has 0 amide bonds. The minimum atomic E-state index is -4.36. The van der Waals surface area contributed by atoms with Gasteiger partial charge in [0.2, 0.25) is 0 Å². The van der Waals surface area contributed by atoms with E-state index in [4.69, 9.17) is 14.5 Å². The number of guanidine groups is 1. The largest absolute Gasteiger partial charge is 0.416 e. The Hall–Kier alpha value is -1.84. The summed E-state index contributed by atoms with van der Waals surface area (Å²) in [5.41, 5.74) is -0.402. The van der Waals surface area contributed by atoms with Crippen molar-refractivity contribution in [3.8, 4) is 0 Å². The molecule has 2 fully saturated rings. The standard InChI is InChI=1S/C22H33F3N4O2/c1-2-26-20(27-8-9-29-10-14-31-15-11-29)28-17-21(6-12-30-13-7-21)18-4-3-5-19(16-18)22(23,24)25/h3-5,16H,2,6-15,17H2,1H3,(H2,26,27,28). The van der Waals surface area contributed by atoms with Gasteiger partial charge in [-0.25, -0.2) is 0 Å². The van der Waals surface area contributed by atoms with Crippen LogP contribution in [-0.2, 0) is 21.1 Å². The first-order chi connectivity index (χ1) is 14.9. The Morgan fingerprint density at radius 1 is 1.10 bits per heavy atom. The van der Waals surface area contributed by atoms with Crippen LogP contribution in [-0.4, -0.2) is 76.6 Å². The topological polar surface area (TPSA) is 58.1 Å². The minimum Gasteiger partial charge on any atom is -0.381 e. The van der Waals surface area contributed by atoms with E-state index in [1.54, 1.807) is 6.07 Å². The fourth-order valence-electron chi connectivity index (χ4n) is 4.05. The third-order valence-corrected chi connectivity index (χ3v) is 5.96. The Kier molecular flexibility index (Phi) is 8.57. The monoisotopic (exact) mass is 442 g/mol. The Morgan fingerprint density at radius 3 is 2.48 bits per heavy atom. The third kappa shape index (κ3) is 6.82. The van der Waals surface area contributed by atoms with E-state index >= 15 is 0 Å². The number of alkyl halides is 3. The molecule has 2 aliphatic heterocycles. The molecule has 0 atom stereocenters. The molecular weight excluding hydrogens is 409 g/mol. The third-order valence-electron chi connectivity index (χ3n) is 5.96. The van der Waals surface area contributed by atoms with Crippen molar-refractivity contribution in [3.05, 3.63) is 35.4 Å². The summed E-state index contributed by atoms with van der Waals surface area (Å²) >= 11 is 0. The minimum absolute atomic E-state index is 0.407. The van der Waals surface area contributed by atoms with Crippen molar-refractivity contribution >= 4 is 5.96 Å². The average Bonchev–Trinajstić information content (AvgIpc) is 2.78.